The zero-order valence-corrected chi connectivity index (χ0v) is 19.0. The van der Waals surface area contributed by atoms with Gasteiger partial charge in [-0.25, -0.2) is 8.78 Å². The summed E-state index contributed by atoms with van der Waals surface area (Å²) >= 11 is 0. The van der Waals surface area contributed by atoms with E-state index < -0.39 is 11.6 Å². The standard InChI is InChI=1S/C20H30F2N4O.HI/c1-3-27-17-7-10-25(11-8-17)20(23-2)24-13-15-6-9-26(14-15)16-4-5-18(21)19(22)12-16;/h4-5,12,15,17H,3,6-11,13-14H2,1-2H3,(H,23,24);1H. The van der Waals surface area contributed by atoms with Crippen molar-refractivity contribution in [1.29, 1.82) is 0 Å². The van der Waals surface area contributed by atoms with Crippen LogP contribution < -0.4 is 10.2 Å². The van der Waals surface area contributed by atoms with Crippen molar-refractivity contribution in [2.45, 2.75) is 32.3 Å². The summed E-state index contributed by atoms with van der Waals surface area (Å²) in [6.45, 7) is 7.24. The zero-order valence-electron chi connectivity index (χ0n) is 16.7. The van der Waals surface area contributed by atoms with Crippen LogP contribution >= 0.6 is 24.0 Å². The first-order valence-electron chi connectivity index (χ1n) is 9.88. The van der Waals surface area contributed by atoms with Crippen LogP contribution in [0.1, 0.15) is 26.2 Å². The predicted molar refractivity (Wildman–Crippen MR) is 120 cm³/mol. The largest absolute Gasteiger partial charge is 0.378 e. The monoisotopic (exact) mass is 508 g/mol. The van der Waals surface area contributed by atoms with Crippen LogP contribution in [0.4, 0.5) is 14.5 Å². The third kappa shape index (κ3) is 5.92. The van der Waals surface area contributed by atoms with Gasteiger partial charge in [0.15, 0.2) is 17.6 Å². The van der Waals surface area contributed by atoms with E-state index in [4.69, 9.17) is 4.74 Å². The number of piperidine rings is 1. The third-order valence-corrected chi connectivity index (χ3v) is 5.46. The molecule has 1 N–H and O–H groups in total. The topological polar surface area (TPSA) is 40.1 Å². The molecule has 0 spiro atoms. The van der Waals surface area contributed by atoms with Gasteiger partial charge in [-0.15, -0.1) is 24.0 Å². The van der Waals surface area contributed by atoms with Gasteiger partial charge in [-0.05, 0) is 44.2 Å². The smallest absolute Gasteiger partial charge is 0.193 e. The normalized spacial score (nSPS) is 21.0. The molecule has 0 aromatic heterocycles. The van der Waals surface area contributed by atoms with Crippen molar-refractivity contribution < 1.29 is 13.5 Å². The van der Waals surface area contributed by atoms with Crippen molar-refractivity contribution >= 4 is 35.6 Å². The van der Waals surface area contributed by atoms with Gasteiger partial charge in [-0.1, -0.05) is 0 Å². The molecule has 0 amide bonds. The Morgan fingerprint density at radius 2 is 1.93 bits per heavy atom. The van der Waals surface area contributed by atoms with Crippen molar-refractivity contribution in [3.8, 4) is 0 Å². The van der Waals surface area contributed by atoms with Gasteiger partial charge in [-0.3, -0.25) is 4.99 Å². The van der Waals surface area contributed by atoms with E-state index in [-0.39, 0.29) is 24.0 Å². The molecule has 1 aromatic rings. The highest BCUT2D eigenvalue weighted by molar-refractivity contribution is 14.0. The predicted octanol–water partition coefficient (Wildman–Crippen LogP) is 3.49. The molecule has 0 bridgehead atoms. The molecule has 2 aliphatic heterocycles. The summed E-state index contributed by atoms with van der Waals surface area (Å²) in [5.74, 6) is -0.190. The highest BCUT2D eigenvalue weighted by Crippen LogP contribution is 2.25. The molecule has 2 aliphatic rings. The Kier molecular flexibility index (Phi) is 9.20. The Labute approximate surface area is 183 Å². The molecular formula is C20H31F2IN4O. The lowest BCUT2D eigenvalue weighted by atomic mass is 10.1. The van der Waals surface area contributed by atoms with Crippen LogP contribution in [0.3, 0.4) is 0 Å². The Morgan fingerprint density at radius 3 is 2.57 bits per heavy atom. The van der Waals surface area contributed by atoms with Crippen molar-refractivity contribution in [2.24, 2.45) is 10.9 Å². The fraction of sp³-hybridized carbons (Fsp3) is 0.650. The van der Waals surface area contributed by atoms with E-state index in [1.54, 1.807) is 6.07 Å². The number of guanidine groups is 1. The van der Waals surface area contributed by atoms with Gasteiger partial charge in [0, 0.05) is 58.1 Å². The van der Waals surface area contributed by atoms with Gasteiger partial charge < -0.3 is 19.9 Å². The van der Waals surface area contributed by atoms with E-state index in [1.165, 1.54) is 12.1 Å². The number of benzene rings is 1. The van der Waals surface area contributed by atoms with Crippen LogP contribution in [-0.2, 0) is 4.74 Å². The molecule has 0 radical (unpaired) electrons. The summed E-state index contributed by atoms with van der Waals surface area (Å²) in [5.41, 5.74) is 0.749. The number of ether oxygens (including phenoxy) is 1. The average molecular weight is 508 g/mol. The average Bonchev–Trinajstić information content (AvgIpc) is 3.15. The third-order valence-electron chi connectivity index (χ3n) is 5.46. The Hall–Kier alpha value is -1.16. The van der Waals surface area contributed by atoms with E-state index in [0.29, 0.717) is 12.0 Å². The van der Waals surface area contributed by atoms with Crippen LogP contribution in [0, 0.1) is 17.6 Å². The molecule has 28 heavy (non-hydrogen) atoms. The SMILES string of the molecule is CCOC1CCN(C(=NC)NCC2CCN(c3ccc(F)c(F)c3)C2)CC1.I. The summed E-state index contributed by atoms with van der Waals surface area (Å²) in [6.07, 6.45) is 3.45. The van der Waals surface area contributed by atoms with Gasteiger partial charge in [-0.2, -0.15) is 0 Å². The molecule has 2 heterocycles. The molecule has 2 saturated heterocycles. The molecule has 5 nitrogen and oxygen atoms in total. The molecule has 0 saturated carbocycles. The fourth-order valence-electron chi connectivity index (χ4n) is 3.95. The number of nitrogens with one attached hydrogen (secondary N) is 1. The van der Waals surface area contributed by atoms with E-state index in [0.717, 1.165) is 70.2 Å². The van der Waals surface area contributed by atoms with Crippen LogP contribution in [0.2, 0.25) is 0 Å². The van der Waals surface area contributed by atoms with Crippen LogP contribution in [0.15, 0.2) is 23.2 Å². The quantitative estimate of drug-likeness (QED) is 0.376. The first kappa shape index (κ1) is 23.1. The maximum Gasteiger partial charge on any atom is 0.193 e. The molecule has 1 unspecified atom stereocenters. The van der Waals surface area contributed by atoms with Crippen LogP contribution in [-0.4, -0.2) is 63.3 Å². The minimum Gasteiger partial charge on any atom is -0.378 e. The Balaban J connectivity index is 0.00000280. The van der Waals surface area contributed by atoms with Gasteiger partial charge in [0.2, 0.25) is 0 Å². The summed E-state index contributed by atoms with van der Waals surface area (Å²) in [6, 6.07) is 4.13. The van der Waals surface area contributed by atoms with E-state index in [1.807, 2.05) is 14.0 Å². The number of rotatable bonds is 5. The highest BCUT2D eigenvalue weighted by atomic mass is 127. The molecule has 8 heteroatoms. The second-order valence-corrected chi connectivity index (χ2v) is 7.27. The highest BCUT2D eigenvalue weighted by Gasteiger charge is 2.25. The Bertz CT molecular complexity index is 653. The minimum atomic E-state index is -0.798. The maximum atomic E-state index is 13.5. The van der Waals surface area contributed by atoms with Crippen molar-refractivity contribution in [2.75, 3.05) is 51.3 Å². The summed E-state index contributed by atoms with van der Waals surface area (Å²) in [7, 11) is 1.82. The maximum absolute atomic E-state index is 13.5. The molecule has 3 rings (SSSR count). The summed E-state index contributed by atoms with van der Waals surface area (Å²) < 4.78 is 32.3. The van der Waals surface area contributed by atoms with E-state index >= 15 is 0 Å². The molecule has 1 atom stereocenters. The number of hydrogen-bond donors (Lipinski definition) is 1. The van der Waals surface area contributed by atoms with Gasteiger partial charge in [0.05, 0.1) is 6.10 Å². The Morgan fingerprint density at radius 1 is 1.18 bits per heavy atom. The lowest BCUT2D eigenvalue weighted by Crippen LogP contribution is -2.48. The first-order valence-corrected chi connectivity index (χ1v) is 9.88. The molecule has 2 fully saturated rings. The van der Waals surface area contributed by atoms with E-state index in [9.17, 15) is 8.78 Å². The van der Waals surface area contributed by atoms with Gasteiger partial charge >= 0.3 is 0 Å². The van der Waals surface area contributed by atoms with Crippen LogP contribution in [0.25, 0.3) is 0 Å². The number of likely N-dealkylation sites (tertiary alicyclic amines) is 1. The number of hydrogen-bond acceptors (Lipinski definition) is 3. The molecule has 1 aromatic carbocycles. The lowest BCUT2D eigenvalue weighted by Gasteiger charge is -2.34. The number of anilines is 1. The lowest BCUT2D eigenvalue weighted by molar-refractivity contribution is 0.0263. The van der Waals surface area contributed by atoms with Crippen molar-refractivity contribution in [1.82, 2.24) is 10.2 Å². The number of halogens is 3. The number of aliphatic imine (C=N–C) groups is 1. The second-order valence-electron chi connectivity index (χ2n) is 7.27. The van der Waals surface area contributed by atoms with Gasteiger partial charge in [0.25, 0.3) is 0 Å². The van der Waals surface area contributed by atoms with Crippen molar-refractivity contribution in [3.05, 3.63) is 29.8 Å². The summed E-state index contributed by atoms with van der Waals surface area (Å²) in [4.78, 5) is 8.83. The summed E-state index contributed by atoms with van der Waals surface area (Å²) in [5, 5.41) is 3.49. The van der Waals surface area contributed by atoms with Gasteiger partial charge in [0.1, 0.15) is 0 Å². The first-order chi connectivity index (χ1) is 13.1. The van der Waals surface area contributed by atoms with E-state index in [2.05, 4.69) is 20.1 Å². The number of nitrogens with zero attached hydrogens (tertiary/aromatic N) is 3. The zero-order chi connectivity index (χ0) is 19.2. The minimum absolute atomic E-state index is 0. The molecule has 158 valence electrons. The molecule has 0 aliphatic carbocycles. The fourth-order valence-corrected chi connectivity index (χ4v) is 3.95. The second kappa shape index (κ2) is 11.1. The van der Waals surface area contributed by atoms with Crippen LogP contribution in [0.5, 0.6) is 0 Å². The molecular weight excluding hydrogens is 477 g/mol. The van der Waals surface area contributed by atoms with Crippen molar-refractivity contribution in [3.63, 3.8) is 0 Å².